The molecule has 2 aliphatic rings. The minimum atomic E-state index is -0.109. The Labute approximate surface area is 178 Å². The van der Waals surface area contributed by atoms with Crippen LogP contribution in [0.15, 0.2) is 48.8 Å². The van der Waals surface area contributed by atoms with Crippen molar-refractivity contribution in [2.24, 2.45) is 0 Å². The molecule has 0 atom stereocenters. The number of carbonyl (C=O) groups is 1. The summed E-state index contributed by atoms with van der Waals surface area (Å²) in [4.78, 5) is 29.7. The second-order valence-electron chi connectivity index (χ2n) is 6.93. The average Bonchev–Trinajstić information content (AvgIpc) is 3.27. The van der Waals surface area contributed by atoms with Gasteiger partial charge in [0.15, 0.2) is 11.5 Å². The van der Waals surface area contributed by atoms with E-state index in [1.807, 2.05) is 24.3 Å². The number of pyridine rings is 1. The molecule has 0 bridgehead atoms. The quantitative estimate of drug-likeness (QED) is 0.599. The van der Waals surface area contributed by atoms with Crippen molar-refractivity contribution in [2.75, 3.05) is 37.9 Å². The van der Waals surface area contributed by atoms with E-state index in [1.54, 1.807) is 29.4 Å². The third kappa shape index (κ3) is 3.50. The Morgan fingerprint density at radius 3 is 2.63 bits per heavy atom. The number of anilines is 1. The molecule has 8 nitrogen and oxygen atoms in total. The van der Waals surface area contributed by atoms with Crippen LogP contribution in [0.25, 0.3) is 11.3 Å². The minimum absolute atomic E-state index is 0.109. The van der Waals surface area contributed by atoms with Crippen LogP contribution >= 0.6 is 11.6 Å². The second kappa shape index (κ2) is 7.79. The van der Waals surface area contributed by atoms with Gasteiger partial charge < -0.3 is 19.3 Å². The first-order chi connectivity index (χ1) is 14.7. The van der Waals surface area contributed by atoms with E-state index in [9.17, 15) is 4.79 Å². The van der Waals surface area contributed by atoms with Gasteiger partial charge in [-0.3, -0.25) is 4.79 Å². The maximum absolute atomic E-state index is 12.7. The molecule has 0 unspecified atom stereocenters. The zero-order valence-corrected chi connectivity index (χ0v) is 16.7. The van der Waals surface area contributed by atoms with Gasteiger partial charge >= 0.3 is 0 Å². The normalized spacial score (nSPS) is 15.4. The maximum Gasteiger partial charge on any atom is 0.257 e. The number of amides is 1. The number of hydrogen-bond donors (Lipinski definition) is 0. The molecule has 30 heavy (non-hydrogen) atoms. The fraction of sp³-hybridized carbons (Fsp3) is 0.238. The largest absolute Gasteiger partial charge is 0.454 e. The molecule has 3 aromatic rings. The molecule has 5 rings (SSSR count). The van der Waals surface area contributed by atoms with Crippen molar-refractivity contribution in [3.63, 3.8) is 0 Å². The highest BCUT2D eigenvalue weighted by atomic mass is 35.5. The fourth-order valence-corrected chi connectivity index (χ4v) is 3.74. The lowest BCUT2D eigenvalue weighted by Crippen LogP contribution is -2.49. The molecule has 1 saturated heterocycles. The van der Waals surface area contributed by atoms with Gasteiger partial charge in [-0.2, -0.15) is 0 Å². The summed E-state index contributed by atoms with van der Waals surface area (Å²) < 4.78 is 10.8. The third-order valence-electron chi connectivity index (χ3n) is 5.15. The molecule has 1 fully saturated rings. The number of fused-ring (bicyclic) bond motifs is 1. The van der Waals surface area contributed by atoms with Crippen molar-refractivity contribution >= 4 is 23.5 Å². The van der Waals surface area contributed by atoms with Gasteiger partial charge in [0, 0.05) is 44.1 Å². The summed E-state index contributed by atoms with van der Waals surface area (Å²) in [6.07, 6.45) is 3.32. The van der Waals surface area contributed by atoms with Gasteiger partial charge in [0.05, 0.1) is 11.3 Å². The number of aromatic nitrogens is 3. The van der Waals surface area contributed by atoms with Gasteiger partial charge in [-0.15, -0.1) is 0 Å². The third-order valence-corrected chi connectivity index (χ3v) is 5.45. The molecule has 0 aliphatic carbocycles. The van der Waals surface area contributed by atoms with E-state index in [4.69, 9.17) is 26.1 Å². The summed E-state index contributed by atoms with van der Waals surface area (Å²) >= 11 is 6.07. The van der Waals surface area contributed by atoms with Gasteiger partial charge in [0.2, 0.25) is 12.7 Å². The Morgan fingerprint density at radius 1 is 0.967 bits per heavy atom. The Bertz CT molecular complexity index is 1100. The van der Waals surface area contributed by atoms with Crippen LogP contribution in [0.1, 0.15) is 10.4 Å². The molecule has 2 aliphatic heterocycles. The summed E-state index contributed by atoms with van der Waals surface area (Å²) in [5.74, 6) is 1.98. The molecule has 1 amide bonds. The monoisotopic (exact) mass is 423 g/mol. The molecular weight excluding hydrogens is 406 g/mol. The lowest BCUT2D eigenvalue weighted by molar-refractivity contribution is 0.0746. The first-order valence-electron chi connectivity index (χ1n) is 9.57. The van der Waals surface area contributed by atoms with Gasteiger partial charge in [-0.25, -0.2) is 15.0 Å². The minimum Gasteiger partial charge on any atom is -0.454 e. The van der Waals surface area contributed by atoms with E-state index < -0.39 is 0 Å². The molecule has 1 aromatic carbocycles. The highest BCUT2D eigenvalue weighted by Gasteiger charge is 2.25. The van der Waals surface area contributed by atoms with Gasteiger partial charge in [-0.05, 0) is 36.4 Å². The standard InChI is InChI=1S/C21H18ClN5O3/c22-19-15(2-1-6-23-19)20(28)26-8-10-27(11-9-26)21-24-7-5-16(25-21)14-3-4-17-18(12-14)30-13-29-17/h1-7,12H,8-11,13H2. The van der Waals surface area contributed by atoms with Gasteiger partial charge in [0.25, 0.3) is 5.91 Å². The molecule has 4 heterocycles. The Balaban J connectivity index is 1.29. The summed E-state index contributed by atoms with van der Waals surface area (Å²) in [5, 5.41) is 0.227. The number of piperazine rings is 1. The van der Waals surface area contributed by atoms with Gasteiger partial charge in [0.1, 0.15) is 5.15 Å². The predicted octanol–water partition coefficient (Wildman–Crippen LogP) is 2.88. The number of carbonyl (C=O) groups excluding carboxylic acids is 1. The van der Waals surface area contributed by atoms with E-state index in [0.29, 0.717) is 43.4 Å². The van der Waals surface area contributed by atoms with E-state index in [1.165, 1.54) is 0 Å². The lowest BCUT2D eigenvalue weighted by atomic mass is 10.1. The van der Waals surface area contributed by atoms with Crippen LogP contribution < -0.4 is 14.4 Å². The Kier molecular flexibility index (Phi) is 4.84. The first-order valence-corrected chi connectivity index (χ1v) is 9.95. The predicted molar refractivity (Wildman–Crippen MR) is 111 cm³/mol. The van der Waals surface area contributed by atoms with Crippen LogP contribution in [0, 0.1) is 0 Å². The van der Waals surface area contributed by atoms with Crippen molar-refractivity contribution in [3.05, 3.63) is 59.5 Å². The van der Waals surface area contributed by atoms with Gasteiger partial charge in [-0.1, -0.05) is 11.6 Å². The number of nitrogens with zero attached hydrogens (tertiary/aromatic N) is 5. The summed E-state index contributed by atoms with van der Waals surface area (Å²) in [6.45, 7) is 2.62. The zero-order chi connectivity index (χ0) is 20.5. The SMILES string of the molecule is O=C(c1cccnc1Cl)N1CCN(c2nccc(-c3ccc4c(c3)OCO4)n2)CC1. The molecular formula is C21H18ClN5O3. The van der Waals surface area contributed by atoms with Crippen LogP contribution in [0.3, 0.4) is 0 Å². The number of benzene rings is 1. The first kappa shape index (κ1) is 18.6. The molecule has 2 aromatic heterocycles. The molecule has 152 valence electrons. The highest BCUT2D eigenvalue weighted by Crippen LogP contribution is 2.35. The summed E-state index contributed by atoms with van der Waals surface area (Å²) in [6, 6.07) is 11.0. The van der Waals surface area contributed by atoms with Crippen LogP contribution in [0.4, 0.5) is 5.95 Å². The van der Waals surface area contributed by atoms with E-state index in [-0.39, 0.29) is 17.9 Å². The maximum atomic E-state index is 12.7. The van der Waals surface area contributed by atoms with Crippen molar-refractivity contribution in [1.29, 1.82) is 0 Å². The second-order valence-corrected chi connectivity index (χ2v) is 7.29. The highest BCUT2D eigenvalue weighted by molar-refractivity contribution is 6.32. The molecule has 0 radical (unpaired) electrons. The van der Waals surface area contributed by atoms with Crippen molar-refractivity contribution in [2.45, 2.75) is 0 Å². The van der Waals surface area contributed by atoms with E-state index in [2.05, 4.69) is 14.9 Å². The van der Waals surface area contributed by atoms with Crippen LogP contribution in [0.2, 0.25) is 5.15 Å². The number of rotatable bonds is 3. The molecule has 0 saturated carbocycles. The summed E-state index contributed by atoms with van der Waals surface area (Å²) in [7, 11) is 0. The number of ether oxygens (including phenoxy) is 2. The lowest BCUT2D eigenvalue weighted by Gasteiger charge is -2.34. The molecule has 0 spiro atoms. The van der Waals surface area contributed by atoms with Crippen LogP contribution in [-0.4, -0.2) is 58.7 Å². The summed E-state index contributed by atoms with van der Waals surface area (Å²) in [5.41, 5.74) is 2.16. The van der Waals surface area contributed by atoms with Crippen molar-refractivity contribution < 1.29 is 14.3 Å². The molecule has 9 heteroatoms. The zero-order valence-electron chi connectivity index (χ0n) is 16.0. The fourth-order valence-electron chi connectivity index (χ4n) is 3.54. The topological polar surface area (TPSA) is 80.7 Å². The van der Waals surface area contributed by atoms with Crippen molar-refractivity contribution in [3.8, 4) is 22.8 Å². The molecule has 0 N–H and O–H groups in total. The Morgan fingerprint density at radius 2 is 1.80 bits per heavy atom. The smallest absolute Gasteiger partial charge is 0.257 e. The van der Waals surface area contributed by atoms with E-state index >= 15 is 0 Å². The van der Waals surface area contributed by atoms with Crippen LogP contribution in [0.5, 0.6) is 11.5 Å². The number of halogens is 1. The number of hydrogen-bond acceptors (Lipinski definition) is 7. The van der Waals surface area contributed by atoms with Crippen molar-refractivity contribution in [1.82, 2.24) is 19.9 Å². The Hall–Kier alpha value is -3.39. The van der Waals surface area contributed by atoms with E-state index in [0.717, 1.165) is 17.0 Å². The average molecular weight is 424 g/mol. The van der Waals surface area contributed by atoms with Crippen LogP contribution in [-0.2, 0) is 0 Å².